The number of nitrogens with zero attached hydrogens (tertiary/aromatic N) is 1. The molecule has 1 aliphatic rings. The summed E-state index contributed by atoms with van der Waals surface area (Å²) in [4.78, 5) is 2.52. The number of nitrogens with one attached hydrogen (secondary N) is 1. The Morgan fingerprint density at radius 3 is 2.61 bits per heavy atom. The van der Waals surface area contributed by atoms with Crippen molar-refractivity contribution in [3.8, 4) is 0 Å². The molecule has 0 aliphatic carbocycles. The molecule has 1 aromatic carbocycles. The third-order valence-electron chi connectivity index (χ3n) is 3.76. The van der Waals surface area contributed by atoms with Crippen LogP contribution in [0.2, 0.25) is 10.0 Å². The molecule has 1 N–H and O–H groups in total. The lowest BCUT2D eigenvalue weighted by molar-refractivity contribution is 0.0517. The molecule has 1 unspecified atom stereocenters. The molecule has 0 amide bonds. The molecule has 1 aromatic rings. The van der Waals surface area contributed by atoms with Gasteiger partial charge in [-0.25, -0.2) is 0 Å². The molecule has 1 heterocycles. The first-order chi connectivity index (χ1) is 8.42. The van der Waals surface area contributed by atoms with Gasteiger partial charge in [-0.3, -0.25) is 4.90 Å². The summed E-state index contributed by atoms with van der Waals surface area (Å²) in [6.07, 6.45) is 0. The molecule has 4 heteroatoms. The highest BCUT2D eigenvalue weighted by Gasteiger charge is 2.33. The fourth-order valence-electron chi connectivity index (χ4n) is 2.67. The van der Waals surface area contributed by atoms with E-state index in [-0.39, 0.29) is 5.54 Å². The van der Waals surface area contributed by atoms with Crippen molar-refractivity contribution < 1.29 is 0 Å². The largest absolute Gasteiger partial charge is 0.314 e. The van der Waals surface area contributed by atoms with Gasteiger partial charge in [0.25, 0.3) is 0 Å². The molecule has 2 nitrogen and oxygen atoms in total. The maximum atomic E-state index is 6.11. The van der Waals surface area contributed by atoms with E-state index in [4.69, 9.17) is 23.2 Å². The predicted octanol–water partition coefficient (Wildman–Crippen LogP) is 3.74. The van der Waals surface area contributed by atoms with E-state index in [9.17, 15) is 0 Å². The third-order valence-corrected chi connectivity index (χ3v) is 4.50. The lowest BCUT2D eigenvalue weighted by atomic mass is 9.95. The van der Waals surface area contributed by atoms with Crippen LogP contribution in [0.3, 0.4) is 0 Å². The minimum atomic E-state index is 0.157. The summed E-state index contributed by atoms with van der Waals surface area (Å²) in [5.74, 6) is 0. The summed E-state index contributed by atoms with van der Waals surface area (Å²) < 4.78 is 0. The van der Waals surface area contributed by atoms with E-state index >= 15 is 0 Å². The summed E-state index contributed by atoms with van der Waals surface area (Å²) in [7, 11) is 0. The summed E-state index contributed by atoms with van der Waals surface area (Å²) in [5.41, 5.74) is 1.38. The number of benzene rings is 1. The van der Waals surface area contributed by atoms with Gasteiger partial charge in [-0.1, -0.05) is 29.3 Å². The molecule has 2 rings (SSSR count). The number of hydrogen-bond acceptors (Lipinski definition) is 2. The van der Waals surface area contributed by atoms with Gasteiger partial charge >= 0.3 is 0 Å². The van der Waals surface area contributed by atoms with Crippen LogP contribution in [0.15, 0.2) is 18.2 Å². The smallest absolute Gasteiger partial charge is 0.0595 e. The van der Waals surface area contributed by atoms with Crippen molar-refractivity contribution in [2.24, 2.45) is 0 Å². The molecule has 1 atom stereocenters. The topological polar surface area (TPSA) is 15.3 Å². The van der Waals surface area contributed by atoms with Crippen LogP contribution in [-0.2, 0) is 0 Å². The van der Waals surface area contributed by atoms with E-state index in [1.165, 1.54) is 5.56 Å². The van der Waals surface area contributed by atoms with E-state index in [0.29, 0.717) is 16.1 Å². The number of halogens is 2. The Balaban J connectivity index is 2.24. The van der Waals surface area contributed by atoms with E-state index in [2.05, 4.69) is 37.1 Å². The normalized spacial score (nSPS) is 21.8. The van der Waals surface area contributed by atoms with Crippen molar-refractivity contribution in [2.45, 2.75) is 32.4 Å². The maximum Gasteiger partial charge on any atom is 0.0595 e. The summed E-state index contributed by atoms with van der Waals surface area (Å²) in [6, 6.07) is 6.27. The Kier molecular flexibility index (Phi) is 4.22. The van der Waals surface area contributed by atoms with E-state index < -0.39 is 0 Å². The van der Waals surface area contributed by atoms with Crippen LogP contribution < -0.4 is 5.32 Å². The molecule has 1 fully saturated rings. The summed E-state index contributed by atoms with van der Waals surface area (Å²) >= 11 is 12.1. The zero-order chi connectivity index (χ0) is 13.3. The second-order valence-corrected chi connectivity index (χ2v) is 6.35. The molecular formula is C14H20Cl2N2. The summed E-state index contributed by atoms with van der Waals surface area (Å²) in [6.45, 7) is 9.87. The first-order valence-electron chi connectivity index (χ1n) is 6.34. The third kappa shape index (κ3) is 2.83. The Bertz CT molecular complexity index is 432. The van der Waals surface area contributed by atoms with Gasteiger partial charge in [-0.05, 0) is 38.5 Å². The van der Waals surface area contributed by atoms with Gasteiger partial charge in [0.05, 0.1) is 10.0 Å². The molecule has 100 valence electrons. The Morgan fingerprint density at radius 1 is 1.28 bits per heavy atom. The lowest BCUT2D eigenvalue weighted by Gasteiger charge is -2.46. The van der Waals surface area contributed by atoms with Crippen molar-refractivity contribution >= 4 is 23.2 Å². The Labute approximate surface area is 119 Å². The second-order valence-electron chi connectivity index (χ2n) is 5.53. The highest BCUT2D eigenvalue weighted by Crippen LogP contribution is 2.32. The van der Waals surface area contributed by atoms with Crippen LogP contribution in [-0.4, -0.2) is 30.1 Å². The van der Waals surface area contributed by atoms with Crippen LogP contribution in [0.5, 0.6) is 0 Å². The molecular weight excluding hydrogens is 267 g/mol. The SMILES string of the molecule is CC(c1ccc(Cl)c(Cl)c1)N1CCNCC1(C)C. The van der Waals surface area contributed by atoms with Gasteiger partial charge in [0.15, 0.2) is 0 Å². The van der Waals surface area contributed by atoms with Gasteiger partial charge in [0, 0.05) is 31.2 Å². The van der Waals surface area contributed by atoms with Gasteiger partial charge in [0.2, 0.25) is 0 Å². The van der Waals surface area contributed by atoms with E-state index in [1.54, 1.807) is 0 Å². The first-order valence-corrected chi connectivity index (χ1v) is 7.10. The minimum Gasteiger partial charge on any atom is -0.314 e. The van der Waals surface area contributed by atoms with Crippen molar-refractivity contribution in [3.05, 3.63) is 33.8 Å². The fraction of sp³-hybridized carbons (Fsp3) is 0.571. The fourth-order valence-corrected chi connectivity index (χ4v) is 2.97. The van der Waals surface area contributed by atoms with Gasteiger partial charge in [-0.2, -0.15) is 0 Å². The van der Waals surface area contributed by atoms with Gasteiger partial charge in [-0.15, -0.1) is 0 Å². The minimum absolute atomic E-state index is 0.157. The highest BCUT2D eigenvalue weighted by atomic mass is 35.5. The highest BCUT2D eigenvalue weighted by molar-refractivity contribution is 6.42. The van der Waals surface area contributed by atoms with Crippen LogP contribution in [0.4, 0.5) is 0 Å². The van der Waals surface area contributed by atoms with Gasteiger partial charge < -0.3 is 5.32 Å². The molecule has 0 spiro atoms. The Morgan fingerprint density at radius 2 is 2.00 bits per heavy atom. The van der Waals surface area contributed by atoms with Crippen molar-refractivity contribution in [3.63, 3.8) is 0 Å². The van der Waals surface area contributed by atoms with Crippen LogP contribution in [0.25, 0.3) is 0 Å². The number of hydrogen-bond donors (Lipinski definition) is 1. The van der Waals surface area contributed by atoms with E-state index in [1.807, 2.05) is 12.1 Å². The second kappa shape index (κ2) is 5.38. The number of rotatable bonds is 2. The van der Waals surface area contributed by atoms with Gasteiger partial charge in [0.1, 0.15) is 0 Å². The van der Waals surface area contributed by atoms with Crippen LogP contribution in [0, 0.1) is 0 Å². The monoisotopic (exact) mass is 286 g/mol. The van der Waals surface area contributed by atoms with Crippen LogP contribution >= 0.6 is 23.2 Å². The van der Waals surface area contributed by atoms with E-state index in [0.717, 1.165) is 19.6 Å². The quantitative estimate of drug-likeness (QED) is 0.891. The average molecular weight is 287 g/mol. The average Bonchev–Trinajstić information content (AvgIpc) is 2.31. The molecule has 1 saturated heterocycles. The zero-order valence-electron chi connectivity index (χ0n) is 11.1. The molecule has 0 aromatic heterocycles. The predicted molar refractivity (Wildman–Crippen MR) is 78.5 cm³/mol. The molecule has 0 saturated carbocycles. The number of piperazine rings is 1. The standard InChI is InChI=1S/C14H20Cl2N2/c1-10(11-4-5-12(15)13(16)8-11)18-7-6-17-9-14(18,2)3/h4-5,8,10,17H,6-7,9H2,1-3H3. The molecule has 18 heavy (non-hydrogen) atoms. The summed E-state index contributed by atoms with van der Waals surface area (Å²) in [5, 5.41) is 4.69. The molecule has 0 radical (unpaired) electrons. The Hall–Kier alpha value is -0.280. The van der Waals surface area contributed by atoms with Crippen molar-refractivity contribution in [1.82, 2.24) is 10.2 Å². The lowest BCUT2D eigenvalue weighted by Crippen LogP contribution is -2.58. The zero-order valence-corrected chi connectivity index (χ0v) is 12.6. The molecule has 1 aliphatic heterocycles. The van der Waals surface area contributed by atoms with Crippen LogP contribution in [0.1, 0.15) is 32.4 Å². The molecule has 0 bridgehead atoms. The van der Waals surface area contributed by atoms with Crippen molar-refractivity contribution in [2.75, 3.05) is 19.6 Å². The maximum absolute atomic E-state index is 6.11. The first kappa shape index (κ1) is 14.1. The van der Waals surface area contributed by atoms with Crippen molar-refractivity contribution in [1.29, 1.82) is 0 Å².